The van der Waals surface area contributed by atoms with Crippen LogP contribution in [0.4, 0.5) is 11.4 Å². The van der Waals surface area contributed by atoms with Crippen LogP contribution in [0.3, 0.4) is 0 Å². The van der Waals surface area contributed by atoms with E-state index >= 15 is 0 Å². The van der Waals surface area contributed by atoms with E-state index in [-0.39, 0.29) is 5.97 Å². The highest BCUT2D eigenvalue weighted by Crippen LogP contribution is 2.40. The van der Waals surface area contributed by atoms with Gasteiger partial charge in [0.05, 0.1) is 23.5 Å². The number of fused-ring (bicyclic) bond motifs is 1. The quantitative estimate of drug-likeness (QED) is 0.685. The Labute approximate surface area is 126 Å². The van der Waals surface area contributed by atoms with Crippen LogP contribution in [0, 0.1) is 5.92 Å². The standard InChI is InChI=1S/C17H24N2O2/c1-2-21-17(20)13-8-9-16(14(18)11-13)19-10-4-6-12-5-3-7-15(12)19/h8-9,11-12,15H,2-7,10,18H2,1H3. The lowest BCUT2D eigenvalue weighted by atomic mass is 9.91. The molecule has 2 fully saturated rings. The summed E-state index contributed by atoms with van der Waals surface area (Å²) in [6, 6.07) is 6.21. The Morgan fingerprint density at radius 1 is 1.33 bits per heavy atom. The molecule has 1 heterocycles. The van der Waals surface area contributed by atoms with Crippen LogP contribution < -0.4 is 10.6 Å². The number of nitrogens with two attached hydrogens (primary N) is 1. The molecule has 2 unspecified atom stereocenters. The summed E-state index contributed by atoms with van der Waals surface area (Å²) in [5, 5.41) is 0. The van der Waals surface area contributed by atoms with Gasteiger partial charge < -0.3 is 15.4 Å². The maximum Gasteiger partial charge on any atom is 0.338 e. The van der Waals surface area contributed by atoms with Crippen LogP contribution >= 0.6 is 0 Å². The van der Waals surface area contributed by atoms with Gasteiger partial charge in [-0.2, -0.15) is 0 Å². The van der Waals surface area contributed by atoms with E-state index in [1.807, 2.05) is 19.1 Å². The summed E-state index contributed by atoms with van der Waals surface area (Å²) in [6.07, 6.45) is 6.53. The number of benzene rings is 1. The third kappa shape index (κ3) is 2.71. The summed E-state index contributed by atoms with van der Waals surface area (Å²) in [6.45, 7) is 3.27. The van der Waals surface area contributed by atoms with E-state index in [1.54, 1.807) is 6.07 Å². The van der Waals surface area contributed by atoms with Crippen molar-refractivity contribution in [1.82, 2.24) is 0 Å². The van der Waals surface area contributed by atoms with Gasteiger partial charge in [-0.05, 0) is 56.7 Å². The molecule has 114 valence electrons. The van der Waals surface area contributed by atoms with Gasteiger partial charge in [0.25, 0.3) is 0 Å². The number of carbonyl (C=O) groups excluding carboxylic acids is 1. The molecule has 0 radical (unpaired) electrons. The van der Waals surface area contributed by atoms with Gasteiger partial charge in [-0.15, -0.1) is 0 Å². The van der Waals surface area contributed by atoms with Crippen LogP contribution in [-0.2, 0) is 4.74 Å². The average molecular weight is 288 g/mol. The van der Waals surface area contributed by atoms with Gasteiger partial charge in [-0.1, -0.05) is 6.42 Å². The molecule has 1 aromatic rings. The number of nitrogen functional groups attached to an aromatic ring is 1. The van der Waals surface area contributed by atoms with Gasteiger partial charge in [-0.25, -0.2) is 4.79 Å². The fourth-order valence-corrected chi connectivity index (χ4v) is 3.91. The molecule has 2 N–H and O–H groups in total. The van der Waals surface area contributed by atoms with Gasteiger partial charge in [0, 0.05) is 12.6 Å². The minimum atomic E-state index is -0.298. The van der Waals surface area contributed by atoms with E-state index in [9.17, 15) is 4.79 Å². The number of anilines is 2. The monoisotopic (exact) mass is 288 g/mol. The SMILES string of the molecule is CCOC(=O)c1ccc(N2CCCC3CCCC32)c(N)c1. The normalized spacial score (nSPS) is 24.7. The molecule has 4 nitrogen and oxygen atoms in total. The molecule has 2 atom stereocenters. The topological polar surface area (TPSA) is 55.6 Å². The highest BCUT2D eigenvalue weighted by atomic mass is 16.5. The lowest BCUT2D eigenvalue weighted by molar-refractivity contribution is 0.0526. The Hall–Kier alpha value is -1.71. The minimum Gasteiger partial charge on any atom is -0.462 e. The second kappa shape index (κ2) is 5.96. The lowest BCUT2D eigenvalue weighted by Crippen LogP contribution is -2.43. The third-order valence-electron chi connectivity index (χ3n) is 4.84. The van der Waals surface area contributed by atoms with Gasteiger partial charge in [0.1, 0.15) is 0 Å². The highest BCUT2D eigenvalue weighted by molar-refractivity contribution is 5.92. The van der Waals surface area contributed by atoms with E-state index in [4.69, 9.17) is 10.5 Å². The summed E-state index contributed by atoms with van der Waals surface area (Å²) in [5.74, 6) is 0.524. The number of hydrogen-bond donors (Lipinski definition) is 1. The van der Waals surface area contributed by atoms with Crippen LogP contribution in [0.2, 0.25) is 0 Å². The first kappa shape index (κ1) is 14.2. The Kier molecular flexibility index (Phi) is 4.04. The molecule has 21 heavy (non-hydrogen) atoms. The summed E-state index contributed by atoms with van der Waals surface area (Å²) in [7, 11) is 0. The minimum absolute atomic E-state index is 0.298. The molecule has 0 spiro atoms. The smallest absolute Gasteiger partial charge is 0.338 e. The maximum absolute atomic E-state index is 11.8. The first-order chi connectivity index (χ1) is 10.2. The van der Waals surface area contributed by atoms with Crippen LogP contribution in [0.25, 0.3) is 0 Å². The Morgan fingerprint density at radius 2 is 2.14 bits per heavy atom. The number of carbonyl (C=O) groups is 1. The second-order valence-corrected chi connectivity index (χ2v) is 6.09. The highest BCUT2D eigenvalue weighted by Gasteiger charge is 2.35. The molecule has 1 saturated carbocycles. The molecule has 1 saturated heterocycles. The van der Waals surface area contributed by atoms with E-state index in [0.717, 1.165) is 18.2 Å². The molecule has 0 bridgehead atoms. The van der Waals surface area contributed by atoms with Gasteiger partial charge in [0.2, 0.25) is 0 Å². The van der Waals surface area contributed by atoms with Crippen molar-refractivity contribution in [2.24, 2.45) is 5.92 Å². The fourth-order valence-electron chi connectivity index (χ4n) is 3.91. The van der Waals surface area contributed by atoms with Crippen molar-refractivity contribution in [3.05, 3.63) is 23.8 Å². The molecular formula is C17H24N2O2. The van der Waals surface area contributed by atoms with E-state index in [2.05, 4.69) is 4.90 Å². The van der Waals surface area contributed by atoms with Crippen molar-refractivity contribution < 1.29 is 9.53 Å². The van der Waals surface area contributed by atoms with Crippen molar-refractivity contribution in [2.75, 3.05) is 23.8 Å². The summed E-state index contributed by atoms with van der Waals surface area (Å²) in [5.41, 5.74) is 8.53. The second-order valence-electron chi connectivity index (χ2n) is 6.09. The van der Waals surface area contributed by atoms with E-state index < -0.39 is 0 Å². The Morgan fingerprint density at radius 3 is 2.90 bits per heavy atom. The van der Waals surface area contributed by atoms with Crippen molar-refractivity contribution in [3.8, 4) is 0 Å². The number of nitrogens with zero attached hydrogens (tertiary/aromatic N) is 1. The number of esters is 1. The zero-order valence-electron chi connectivity index (χ0n) is 12.7. The first-order valence-electron chi connectivity index (χ1n) is 8.04. The summed E-state index contributed by atoms with van der Waals surface area (Å²) in [4.78, 5) is 14.2. The van der Waals surface area contributed by atoms with Crippen LogP contribution in [0.1, 0.15) is 49.4 Å². The molecule has 0 amide bonds. The first-order valence-corrected chi connectivity index (χ1v) is 8.04. The zero-order chi connectivity index (χ0) is 14.8. The van der Waals surface area contributed by atoms with Crippen molar-refractivity contribution in [2.45, 2.75) is 45.1 Å². The van der Waals surface area contributed by atoms with Gasteiger partial charge >= 0.3 is 5.97 Å². The molecule has 1 aliphatic heterocycles. The van der Waals surface area contributed by atoms with Crippen LogP contribution in [-0.4, -0.2) is 25.2 Å². The predicted molar refractivity (Wildman–Crippen MR) is 84.5 cm³/mol. The van der Waals surface area contributed by atoms with Crippen molar-refractivity contribution in [1.29, 1.82) is 0 Å². The summed E-state index contributed by atoms with van der Waals surface area (Å²) < 4.78 is 5.03. The average Bonchev–Trinajstić information content (AvgIpc) is 2.96. The molecule has 2 aliphatic rings. The van der Waals surface area contributed by atoms with E-state index in [0.29, 0.717) is 23.9 Å². The molecule has 0 aromatic heterocycles. The molecule has 3 rings (SSSR count). The van der Waals surface area contributed by atoms with Crippen molar-refractivity contribution >= 4 is 17.3 Å². The van der Waals surface area contributed by atoms with Gasteiger partial charge in [-0.3, -0.25) is 0 Å². The maximum atomic E-state index is 11.8. The number of ether oxygens (including phenoxy) is 1. The number of piperidine rings is 1. The fraction of sp³-hybridized carbons (Fsp3) is 0.588. The largest absolute Gasteiger partial charge is 0.462 e. The molecular weight excluding hydrogens is 264 g/mol. The molecule has 1 aromatic carbocycles. The Bertz CT molecular complexity index is 530. The van der Waals surface area contributed by atoms with Gasteiger partial charge in [0.15, 0.2) is 0 Å². The predicted octanol–water partition coefficient (Wildman–Crippen LogP) is 3.21. The van der Waals surface area contributed by atoms with E-state index in [1.165, 1.54) is 32.1 Å². The third-order valence-corrected chi connectivity index (χ3v) is 4.84. The summed E-state index contributed by atoms with van der Waals surface area (Å²) >= 11 is 0. The lowest BCUT2D eigenvalue weighted by Gasteiger charge is -2.40. The number of rotatable bonds is 3. The van der Waals surface area contributed by atoms with Crippen molar-refractivity contribution in [3.63, 3.8) is 0 Å². The zero-order valence-corrected chi connectivity index (χ0v) is 12.7. The molecule has 1 aliphatic carbocycles. The number of hydrogen-bond acceptors (Lipinski definition) is 4. The molecule has 4 heteroatoms. The van der Waals surface area contributed by atoms with Crippen LogP contribution in [0.15, 0.2) is 18.2 Å². The van der Waals surface area contributed by atoms with Crippen LogP contribution in [0.5, 0.6) is 0 Å². The Balaban J connectivity index is 1.83.